The zero-order valence-electron chi connectivity index (χ0n) is 17.7. The van der Waals surface area contributed by atoms with Gasteiger partial charge in [0.15, 0.2) is 11.4 Å². The normalized spacial score (nSPS) is 20.7. The molecule has 2 aromatic carbocycles. The summed E-state index contributed by atoms with van der Waals surface area (Å²) in [5, 5.41) is 14.6. The minimum atomic E-state index is -4.58. The molecular weight excluding hydrogens is 454 g/mol. The highest BCUT2D eigenvalue weighted by molar-refractivity contribution is 5.96. The third-order valence-electron chi connectivity index (χ3n) is 6.57. The summed E-state index contributed by atoms with van der Waals surface area (Å²) in [4.78, 5) is 26.7. The van der Waals surface area contributed by atoms with Gasteiger partial charge in [0.05, 0.1) is 23.8 Å². The number of carbonyl (C=O) groups is 1. The second-order valence-corrected chi connectivity index (χ2v) is 8.50. The Bertz CT molecular complexity index is 1320. The van der Waals surface area contributed by atoms with E-state index in [2.05, 4.69) is 5.10 Å². The van der Waals surface area contributed by atoms with Crippen LogP contribution < -0.4 is 5.43 Å². The van der Waals surface area contributed by atoms with Gasteiger partial charge >= 0.3 is 6.18 Å². The molecule has 1 saturated heterocycles. The van der Waals surface area contributed by atoms with E-state index < -0.39 is 52.6 Å². The Kier molecular flexibility index (Phi) is 5.18. The molecule has 176 valence electrons. The molecule has 0 bridgehead atoms. The topological polar surface area (TPSA) is 75.4 Å². The molecule has 34 heavy (non-hydrogen) atoms. The average molecular weight is 473 g/mol. The van der Waals surface area contributed by atoms with Gasteiger partial charge in [-0.3, -0.25) is 14.3 Å². The van der Waals surface area contributed by atoms with Crippen molar-refractivity contribution in [2.24, 2.45) is 0 Å². The first-order valence-corrected chi connectivity index (χ1v) is 10.7. The van der Waals surface area contributed by atoms with E-state index in [4.69, 9.17) is 0 Å². The first-order chi connectivity index (χ1) is 16.2. The smallest absolute Gasteiger partial charge is 0.416 e. The van der Waals surface area contributed by atoms with E-state index in [-0.39, 0.29) is 5.69 Å². The monoisotopic (exact) mass is 473 g/mol. The van der Waals surface area contributed by atoms with Gasteiger partial charge in [-0.15, -0.1) is 0 Å². The molecule has 6 nitrogen and oxygen atoms in total. The third-order valence-corrected chi connectivity index (χ3v) is 6.57. The summed E-state index contributed by atoms with van der Waals surface area (Å²) in [5.41, 5.74) is -1.16. The van der Waals surface area contributed by atoms with Gasteiger partial charge in [-0.1, -0.05) is 30.3 Å². The molecule has 0 aliphatic carbocycles. The Morgan fingerprint density at radius 2 is 1.79 bits per heavy atom. The van der Waals surface area contributed by atoms with Crippen molar-refractivity contribution in [2.75, 3.05) is 6.54 Å². The second kappa shape index (κ2) is 7.96. The zero-order valence-corrected chi connectivity index (χ0v) is 17.7. The second-order valence-electron chi connectivity index (χ2n) is 8.50. The number of fused-ring (bicyclic) bond motifs is 2. The summed E-state index contributed by atoms with van der Waals surface area (Å²) in [6.45, 7) is 0.376. The predicted molar refractivity (Wildman–Crippen MR) is 113 cm³/mol. The van der Waals surface area contributed by atoms with Crippen LogP contribution in [0.5, 0.6) is 5.75 Å². The Labute approximate surface area is 191 Å². The first-order valence-electron chi connectivity index (χ1n) is 10.7. The van der Waals surface area contributed by atoms with Crippen LogP contribution in [0.3, 0.4) is 0 Å². The number of alkyl halides is 3. The van der Waals surface area contributed by atoms with Crippen molar-refractivity contribution < 1.29 is 27.5 Å². The van der Waals surface area contributed by atoms with Crippen LogP contribution in [0.15, 0.2) is 59.5 Å². The summed E-state index contributed by atoms with van der Waals surface area (Å²) in [7, 11) is 0. The standard InChI is InChI=1S/C24H19F4N3O3/c25-16-8-6-13(7-9-16)19(14-3-1-4-15(11-14)24(26,27)28)20-17-5-2-10-30(17)23(34)21-22(33)18(32)12-29-31(20)21/h1,3-4,6-9,11-12,17,19-20,33H,2,5,10H2/t17-,19-,20?/m1/s1. The largest absolute Gasteiger partial charge is 0.502 e. The summed E-state index contributed by atoms with van der Waals surface area (Å²) in [6.07, 6.45) is -2.49. The maximum Gasteiger partial charge on any atom is 0.416 e. The maximum absolute atomic E-state index is 13.7. The number of hydrogen-bond acceptors (Lipinski definition) is 4. The fourth-order valence-electron chi connectivity index (χ4n) is 5.11. The Morgan fingerprint density at radius 3 is 2.50 bits per heavy atom. The van der Waals surface area contributed by atoms with Gasteiger partial charge in [0, 0.05) is 12.5 Å². The van der Waals surface area contributed by atoms with Crippen LogP contribution in [0.2, 0.25) is 0 Å². The van der Waals surface area contributed by atoms with Gasteiger partial charge in [-0.05, 0) is 42.2 Å². The predicted octanol–water partition coefficient (Wildman–Crippen LogP) is 4.10. The van der Waals surface area contributed by atoms with Crippen molar-refractivity contribution in [2.45, 2.75) is 37.0 Å². The molecule has 2 aliphatic heterocycles. The number of rotatable bonds is 3. The molecule has 5 rings (SSSR count). The number of amides is 1. The molecule has 10 heteroatoms. The van der Waals surface area contributed by atoms with Crippen molar-refractivity contribution in [1.29, 1.82) is 0 Å². The fourth-order valence-corrected chi connectivity index (χ4v) is 5.11. The number of benzene rings is 2. The average Bonchev–Trinajstić information content (AvgIpc) is 3.29. The number of aromatic nitrogens is 2. The quantitative estimate of drug-likeness (QED) is 0.582. The Morgan fingerprint density at radius 1 is 1.06 bits per heavy atom. The highest BCUT2D eigenvalue weighted by Gasteiger charge is 2.48. The lowest BCUT2D eigenvalue weighted by Crippen LogP contribution is -2.50. The van der Waals surface area contributed by atoms with E-state index in [1.165, 1.54) is 39.9 Å². The van der Waals surface area contributed by atoms with Gasteiger partial charge < -0.3 is 10.0 Å². The zero-order chi connectivity index (χ0) is 24.2. The Hall–Kier alpha value is -3.69. The van der Waals surface area contributed by atoms with Gasteiger partial charge in [0.2, 0.25) is 5.43 Å². The lowest BCUT2D eigenvalue weighted by Gasteiger charge is -2.42. The number of nitrogens with zero attached hydrogens (tertiary/aromatic N) is 3. The van der Waals surface area contributed by atoms with E-state index in [1.807, 2.05) is 0 Å². The number of hydrogen-bond donors (Lipinski definition) is 1. The summed E-state index contributed by atoms with van der Waals surface area (Å²) < 4.78 is 55.6. The van der Waals surface area contributed by atoms with Crippen molar-refractivity contribution >= 4 is 5.91 Å². The first kappa shape index (κ1) is 22.1. The molecular formula is C24H19F4N3O3. The van der Waals surface area contributed by atoms with Crippen molar-refractivity contribution in [3.05, 3.63) is 93.2 Å². The van der Waals surface area contributed by atoms with E-state index in [0.717, 1.165) is 18.3 Å². The molecule has 1 aromatic heterocycles. The van der Waals surface area contributed by atoms with Crippen LogP contribution in [0, 0.1) is 5.82 Å². The van der Waals surface area contributed by atoms with Gasteiger partial charge in [0.25, 0.3) is 5.91 Å². The Balaban J connectivity index is 1.77. The molecule has 0 saturated carbocycles. The minimum Gasteiger partial charge on any atom is -0.502 e. The molecule has 1 unspecified atom stereocenters. The van der Waals surface area contributed by atoms with E-state index in [1.54, 1.807) is 6.07 Å². The number of aromatic hydroxyl groups is 1. The molecule has 0 spiro atoms. The molecule has 3 aromatic rings. The molecule has 3 heterocycles. The van der Waals surface area contributed by atoms with Gasteiger partial charge in [-0.25, -0.2) is 4.39 Å². The van der Waals surface area contributed by atoms with E-state index >= 15 is 0 Å². The van der Waals surface area contributed by atoms with Crippen LogP contribution in [-0.4, -0.2) is 38.3 Å². The highest BCUT2D eigenvalue weighted by Crippen LogP contribution is 2.46. The lowest BCUT2D eigenvalue weighted by molar-refractivity contribution is -0.137. The molecule has 1 amide bonds. The third kappa shape index (κ3) is 3.53. The van der Waals surface area contributed by atoms with Crippen LogP contribution in [0.4, 0.5) is 17.6 Å². The highest BCUT2D eigenvalue weighted by atomic mass is 19.4. The van der Waals surface area contributed by atoms with Crippen molar-refractivity contribution in [3.8, 4) is 5.75 Å². The number of halogens is 4. The van der Waals surface area contributed by atoms with Crippen LogP contribution in [0.25, 0.3) is 0 Å². The van der Waals surface area contributed by atoms with Crippen molar-refractivity contribution in [1.82, 2.24) is 14.7 Å². The summed E-state index contributed by atoms with van der Waals surface area (Å²) in [6, 6.07) is 9.05. The van der Waals surface area contributed by atoms with Gasteiger partial charge in [-0.2, -0.15) is 18.3 Å². The number of carbonyl (C=O) groups excluding carboxylic acids is 1. The van der Waals surface area contributed by atoms with Crippen LogP contribution in [0.1, 0.15) is 52.0 Å². The maximum atomic E-state index is 13.7. The van der Waals surface area contributed by atoms with Gasteiger partial charge in [0.1, 0.15) is 5.82 Å². The fraction of sp³-hybridized carbons (Fsp3) is 0.292. The molecule has 1 N–H and O–H groups in total. The minimum absolute atomic E-state index is 0.290. The molecule has 3 atom stereocenters. The van der Waals surface area contributed by atoms with Crippen LogP contribution in [-0.2, 0) is 6.18 Å². The molecule has 0 radical (unpaired) electrons. The summed E-state index contributed by atoms with van der Waals surface area (Å²) in [5.74, 6) is -2.59. The molecule has 2 aliphatic rings. The van der Waals surface area contributed by atoms with Crippen LogP contribution >= 0.6 is 0 Å². The van der Waals surface area contributed by atoms with E-state index in [9.17, 15) is 32.3 Å². The lowest BCUT2D eigenvalue weighted by atomic mass is 9.79. The molecule has 1 fully saturated rings. The summed E-state index contributed by atoms with van der Waals surface area (Å²) >= 11 is 0. The SMILES string of the molecule is O=C1c2c(O)c(=O)cnn2C([C@H](c2ccc(F)cc2)c2cccc(C(F)(F)F)c2)[C@H]2CCCN12. The van der Waals surface area contributed by atoms with Crippen molar-refractivity contribution in [3.63, 3.8) is 0 Å². The van der Waals surface area contributed by atoms with E-state index in [0.29, 0.717) is 30.5 Å².